The average molecular weight is 229 g/mol. The summed E-state index contributed by atoms with van der Waals surface area (Å²) in [6.45, 7) is 1.21. The third kappa shape index (κ3) is 3.46. The van der Waals surface area contributed by atoms with Gasteiger partial charge in [-0.1, -0.05) is 30.4 Å². The van der Waals surface area contributed by atoms with Crippen molar-refractivity contribution in [3.8, 4) is 5.75 Å². The number of allylic oxidation sites excluding steroid dienone is 4. The molecule has 1 aromatic rings. The Bertz CT molecular complexity index is 390. The first kappa shape index (κ1) is 11.9. The number of hydrogen-bond donors (Lipinski definition) is 0. The summed E-state index contributed by atoms with van der Waals surface area (Å²) in [7, 11) is 1.67. The summed E-state index contributed by atoms with van der Waals surface area (Å²) >= 11 is 0. The van der Waals surface area contributed by atoms with Crippen LogP contribution >= 0.6 is 0 Å². The van der Waals surface area contributed by atoms with Crippen LogP contribution in [0.2, 0.25) is 0 Å². The summed E-state index contributed by atoms with van der Waals surface area (Å²) in [4.78, 5) is 0. The zero-order chi connectivity index (χ0) is 11.9. The molecule has 0 aromatic heterocycles. The fourth-order valence-corrected chi connectivity index (χ4v) is 1.81. The lowest BCUT2D eigenvalue weighted by Crippen LogP contribution is -2.04. The standard InChI is InChI=1S/C15H17O2/c1-16-11-12-17-15-9-7-14(8-10-15)13-5-3-2-4-6-13/h3-5,7-10,13H,6,11-12H2,1H3. The molecule has 0 N–H and O–H groups in total. The first-order valence-corrected chi connectivity index (χ1v) is 5.86. The van der Waals surface area contributed by atoms with E-state index in [0.29, 0.717) is 19.1 Å². The van der Waals surface area contributed by atoms with Crippen molar-refractivity contribution in [2.75, 3.05) is 20.3 Å². The third-order valence-corrected chi connectivity index (χ3v) is 2.78. The van der Waals surface area contributed by atoms with E-state index in [1.54, 1.807) is 7.11 Å². The van der Waals surface area contributed by atoms with Crippen LogP contribution in [0.3, 0.4) is 0 Å². The Kier molecular flexibility index (Phi) is 4.39. The molecule has 0 spiro atoms. The van der Waals surface area contributed by atoms with Crippen molar-refractivity contribution < 1.29 is 9.47 Å². The third-order valence-electron chi connectivity index (χ3n) is 2.78. The zero-order valence-electron chi connectivity index (χ0n) is 10.1. The summed E-state index contributed by atoms with van der Waals surface area (Å²) in [5, 5.41) is 0. The van der Waals surface area contributed by atoms with E-state index in [1.165, 1.54) is 5.56 Å². The minimum atomic E-state index is 0.476. The van der Waals surface area contributed by atoms with E-state index in [1.807, 2.05) is 18.2 Å². The predicted octanol–water partition coefficient (Wildman–Crippen LogP) is 3.11. The number of hydrogen-bond acceptors (Lipinski definition) is 2. The van der Waals surface area contributed by atoms with Crippen LogP contribution < -0.4 is 4.74 Å². The molecule has 1 unspecified atom stereocenters. The predicted molar refractivity (Wildman–Crippen MR) is 68.1 cm³/mol. The van der Waals surface area contributed by atoms with Gasteiger partial charge in [-0.2, -0.15) is 0 Å². The molecule has 2 heteroatoms. The molecule has 1 aromatic carbocycles. The van der Waals surface area contributed by atoms with Crippen LogP contribution in [0.25, 0.3) is 0 Å². The monoisotopic (exact) mass is 229 g/mol. The second kappa shape index (κ2) is 6.26. The van der Waals surface area contributed by atoms with Crippen LogP contribution in [0, 0.1) is 6.08 Å². The van der Waals surface area contributed by atoms with Crippen LogP contribution in [0.4, 0.5) is 0 Å². The van der Waals surface area contributed by atoms with Gasteiger partial charge in [0.25, 0.3) is 0 Å². The second-order valence-corrected chi connectivity index (χ2v) is 3.98. The maximum absolute atomic E-state index is 5.53. The first-order chi connectivity index (χ1) is 8.40. The number of ether oxygens (including phenoxy) is 2. The molecule has 2 nitrogen and oxygen atoms in total. The molecule has 89 valence electrons. The van der Waals surface area contributed by atoms with Crippen LogP contribution in [0.15, 0.2) is 42.5 Å². The van der Waals surface area contributed by atoms with Crippen molar-refractivity contribution in [2.24, 2.45) is 0 Å². The Morgan fingerprint density at radius 1 is 1.24 bits per heavy atom. The Labute approximate surface area is 103 Å². The summed E-state index contributed by atoms with van der Waals surface area (Å²) in [6.07, 6.45) is 10.4. The van der Waals surface area contributed by atoms with Gasteiger partial charge in [0.15, 0.2) is 0 Å². The fraction of sp³-hybridized carbons (Fsp3) is 0.333. The Hall–Kier alpha value is -1.54. The number of methoxy groups -OCH3 is 1. The highest BCUT2D eigenvalue weighted by molar-refractivity contribution is 5.33. The van der Waals surface area contributed by atoms with Gasteiger partial charge in [0.1, 0.15) is 12.4 Å². The molecule has 1 radical (unpaired) electrons. The maximum atomic E-state index is 5.53. The number of rotatable bonds is 5. The lowest BCUT2D eigenvalue weighted by Gasteiger charge is -2.13. The molecule has 1 aliphatic rings. The van der Waals surface area contributed by atoms with E-state index in [0.717, 1.165) is 12.2 Å². The fourth-order valence-electron chi connectivity index (χ4n) is 1.81. The number of benzene rings is 1. The second-order valence-electron chi connectivity index (χ2n) is 3.98. The molecule has 17 heavy (non-hydrogen) atoms. The highest BCUT2D eigenvalue weighted by Gasteiger charge is 2.08. The highest BCUT2D eigenvalue weighted by atomic mass is 16.5. The summed E-state index contributed by atoms with van der Waals surface area (Å²) < 4.78 is 10.5. The molecule has 0 heterocycles. The van der Waals surface area contributed by atoms with Crippen LogP contribution in [-0.2, 0) is 4.74 Å². The molecular weight excluding hydrogens is 212 g/mol. The quantitative estimate of drug-likeness (QED) is 0.722. The van der Waals surface area contributed by atoms with E-state index in [2.05, 4.69) is 30.4 Å². The zero-order valence-corrected chi connectivity index (χ0v) is 10.1. The van der Waals surface area contributed by atoms with Gasteiger partial charge in [-0.15, -0.1) is 0 Å². The summed E-state index contributed by atoms with van der Waals surface area (Å²) in [5.74, 6) is 1.37. The van der Waals surface area contributed by atoms with Crippen molar-refractivity contribution in [3.05, 3.63) is 54.1 Å². The van der Waals surface area contributed by atoms with Gasteiger partial charge in [-0.3, -0.25) is 0 Å². The Morgan fingerprint density at radius 2 is 2.06 bits per heavy atom. The molecule has 1 aliphatic carbocycles. The average Bonchev–Trinajstić information content (AvgIpc) is 2.41. The molecule has 1 atom stereocenters. The van der Waals surface area contributed by atoms with Gasteiger partial charge >= 0.3 is 0 Å². The highest BCUT2D eigenvalue weighted by Crippen LogP contribution is 2.25. The molecular formula is C15H17O2. The van der Waals surface area contributed by atoms with Gasteiger partial charge in [0, 0.05) is 13.0 Å². The van der Waals surface area contributed by atoms with Crippen LogP contribution in [0.5, 0.6) is 5.75 Å². The molecule has 2 rings (SSSR count). The molecule has 0 aliphatic heterocycles. The van der Waals surface area contributed by atoms with Crippen LogP contribution in [0.1, 0.15) is 17.9 Å². The van der Waals surface area contributed by atoms with Gasteiger partial charge < -0.3 is 9.47 Å². The Balaban J connectivity index is 1.93. The molecule has 0 saturated heterocycles. The van der Waals surface area contributed by atoms with Crippen molar-refractivity contribution >= 4 is 0 Å². The van der Waals surface area contributed by atoms with Crippen molar-refractivity contribution in [3.63, 3.8) is 0 Å². The normalized spacial score (nSPS) is 18.3. The van der Waals surface area contributed by atoms with E-state index in [4.69, 9.17) is 9.47 Å². The van der Waals surface area contributed by atoms with Crippen molar-refractivity contribution in [1.29, 1.82) is 0 Å². The molecule has 0 bridgehead atoms. The minimum absolute atomic E-state index is 0.476. The molecule has 0 amide bonds. The smallest absolute Gasteiger partial charge is 0.119 e. The molecule has 0 fully saturated rings. The largest absolute Gasteiger partial charge is 0.491 e. The molecule has 0 saturated carbocycles. The summed E-state index contributed by atoms with van der Waals surface area (Å²) in [6, 6.07) is 8.27. The SMILES string of the molecule is COCCOc1ccc(C2C=C[C]=CC2)cc1. The van der Waals surface area contributed by atoms with Gasteiger partial charge in [-0.05, 0) is 30.2 Å². The maximum Gasteiger partial charge on any atom is 0.119 e. The topological polar surface area (TPSA) is 18.5 Å². The summed E-state index contributed by atoms with van der Waals surface area (Å²) in [5.41, 5.74) is 1.32. The van der Waals surface area contributed by atoms with Crippen LogP contribution in [-0.4, -0.2) is 20.3 Å². The Morgan fingerprint density at radius 3 is 2.71 bits per heavy atom. The van der Waals surface area contributed by atoms with Gasteiger partial charge in [0.2, 0.25) is 0 Å². The van der Waals surface area contributed by atoms with Gasteiger partial charge in [0.05, 0.1) is 6.61 Å². The van der Waals surface area contributed by atoms with Crippen molar-refractivity contribution in [2.45, 2.75) is 12.3 Å². The van der Waals surface area contributed by atoms with E-state index < -0.39 is 0 Å². The van der Waals surface area contributed by atoms with Crippen molar-refractivity contribution in [1.82, 2.24) is 0 Å². The van der Waals surface area contributed by atoms with E-state index >= 15 is 0 Å². The lowest BCUT2D eigenvalue weighted by atomic mass is 9.93. The first-order valence-electron chi connectivity index (χ1n) is 5.86. The minimum Gasteiger partial charge on any atom is -0.491 e. The van der Waals surface area contributed by atoms with E-state index in [-0.39, 0.29) is 0 Å². The van der Waals surface area contributed by atoms with E-state index in [9.17, 15) is 0 Å². The van der Waals surface area contributed by atoms with Gasteiger partial charge in [-0.25, -0.2) is 0 Å². The lowest BCUT2D eigenvalue weighted by molar-refractivity contribution is 0.146.